The molecule has 0 aliphatic heterocycles. The van der Waals surface area contributed by atoms with Crippen LogP contribution in [0.3, 0.4) is 0 Å². The molecule has 0 aliphatic rings. The van der Waals surface area contributed by atoms with E-state index in [0.717, 1.165) is 24.7 Å². The fourth-order valence-electron chi connectivity index (χ4n) is 1.88. The van der Waals surface area contributed by atoms with Crippen LogP contribution in [-0.4, -0.2) is 25.7 Å². The van der Waals surface area contributed by atoms with E-state index in [1.54, 1.807) is 6.07 Å². The first-order chi connectivity index (χ1) is 8.31. The van der Waals surface area contributed by atoms with Gasteiger partial charge in [0, 0.05) is 11.8 Å². The van der Waals surface area contributed by atoms with Crippen LogP contribution in [-0.2, 0) is 22.7 Å². The van der Waals surface area contributed by atoms with Gasteiger partial charge in [0.05, 0.1) is 0 Å². The van der Waals surface area contributed by atoms with Crippen LogP contribution in [0.2, 0.25) is 0 Å². The van der Waals surface area contributed by atoms with Crippen molar-refractivity contribution in [3.63, 3.8) is 0 Å². The molecule has 0 fully saturated rings. The van der Waals surface area contributed by atoms with Gasteiger partial charge in [-0.1, -0.05) is 26.0 Å². The number of aryl methyl sites for hydroxylation is 2. The van der Waals surface area contributed by atoms with Crippen molar-refractivity contribution in [2.24, 2.45) is 0 Å². The minimum atomic E-state index is -3.34. The number of hydrogen-bond acceptors (Lipinski definition) is 3. The van der Waals surface area contributed by atoms with Crippen LogP contribution in [0.1, 0.15) is 42.3 Å². The smallest absolute Gasteiger partial charge is 0.180 e. The fraction of sp³-hybridized carbons (Fsp3) is 0.500. The van der Waals surface area contributed by atoms with Gasteiger partial charge < -0.3 is 0 Å². The molecule has 1 aromatic rings. The summed E-state index contributed by atoms with van der Waals surface area (Å²) in [7, 11) is -3.34. The predicted octanol–water partition coefficient (Wildman–Crippen LogP) is 2.43. The van der Waals surface area contributed by atoms with Gasteiger partial charge >= 0.3 is 0 Å². The van der Waals surface area contributed by atoms with Crippen LogP contribution < -0.4 is 0 Å². The maximum Gasteiger partial charge on any atom is 0.180 e. The van der Waals surface area contributed by atoms with Crippen molar-refractivity contribution >= 4 is 15.6 Å². The molecule has 1 unspecified atom stereocenters. The molecule has 1 aromatic carbocycles. The first-order valence-corrected chi connectivity index (χ1v) is 8.11. The summed E-state index contributed by atoms with van der Waals surface area (Å²) >= 11 is 0. The minimum absolute atomic E-state index is 0.324. The van der Waals surface area contributed by atoms with E-state index in [1.807, 2.05) is 19.1 Å². The molecular weight excluding hydrogens is 248 g/mol. The van der Waals surface area contributed by atoms with E-state index < -0.39 is 15.1 Å². The molecule has 1 rings (SSSR count). The Morgan fingerprint density at radius 2 is 1.72 bits per heavy atom. The zero-order valence-electron chi connectivity index (χ0n) is 11.4. The van der Waals surface area contributed by atoms with Gasteiger partial charge in [-0.05, 0) is 37.0 Å². The molecule has 18 heavy (non-hydrogen) atoms. The first-order valence-electron chi connectivity index (χ1n) is 6.16. The third kappa shape index (κ3) is 3.19. The van der Waals surface area contributed by atoms with Gasteiger partial charge in [0.1, 0.15) is 5.25 Å². The van der Waals surface area contributed by atoms with Crippen molar-refractivity contribution in [3.05, 3.63) is 34.9 Å². The normalized spacial score (nSPS) is 13.3. The highest BCUT2D eigenvalue weighted by Gasteiger charge is 2.24. The Kier molecular flexibility index (Phi) is 4.68. The van der Waals surface area contributed by atoms with Crippen molar-refractivity contribution in [1.29, 1.82) is 0 Å². The molecule has 0 aromatic heterocycles. The number of rotatable bonds is 5. The number of sulfone groups is 1. The molecule has 0 aliphatic carbocycles. The van der Waals surface area contributed by atoms with E-state index in [4.69, 9.17) is 0 Å². The summed E-state index contributed by atoms with van der Waals surface area (Å²) in [5, 5.41) is -0.977. The molecule has 0 radical (unpaired) electrons. The molecule has 0 N–H and O–H groups in total. The molecule has 100 valence electrons. The Bertz CT molecular complexity index is 544. The van der Waals surface area contributed by atoms with Gasteiger partial charge in [-0.25, -0.2) is 8.42 Å². The fourth-order valence-corrected chi connectivity index (χ4v) is 2.41. The Balaban J connectivity index is 3.15. The Morgan fingerprint density at radius 3 is 2.17 bits per heavy atom. The highest BCUT2D eigenvalue weighted by molar-refractivity contribution is 7.92. The highest BCUT2D eigenvalue weighted by Crippen LogP contribution is 2.16. The Morgan fingerprint density at radius 1 is 1.17 bits per heavy atom. The third-order valence-corrected chi connectivity index (χ3v) is 4.76. The summed E-state index contributed by atoms with van der Waals surface area (Å²) in [4.78, 5) is 12.1. The first kappa shape index (κ1) is 14.9. The van der Waals surface area contributed by atoms with Crippen LogP contribution >= 0.6 is 0 Å². The van der Waals surface area contributed by atoms with Crippen LogP contribution in [0.5, 0.6) is 0 Å². The summed E-state index contributed by atoms with van der Waals surface area (Å²) in [5.74, 6) is -0.324. The molecule has 0 saturated carbocycles. The molecule has 0 bridgehead atoms. The van der Waals surface area contributed by atoms with Gasteiger partial charge in [-0.2, -0.15) is 0 Å². The number of carbonyl (C=O) groups is 1. The second-order valence-corrected chi connectivity index (χ2v) is 6.89. The Labute approximate surface area is 109 Å². The molecule has 3 nitrogen and oxygen atoms in total. The lowest BCUT2D eigenvalue weighted by molar-refractivity contribution is 0.0991. The minimum Gasteiger partial charge on any atom is -0.293 e. The summed E-state index contributed by atoms with van der Waals surface area (Å²) in [6.07, 6.45) is 2.85. The Hall–Kier alpha value is -1.16. The van der Waals surface area contributed by atoms with Crippen LogP contribution in [0.4, 0.5) is 0 Å². The number of benzene rings is 1. The average molecular weight is 268 g/mol. The predicted molar refractivity (Wildman–Crippen MR) is 73.8 cm³/mol. The molecule has 4 heteroatoms. The van der Waals surface area contributed by atoms with Crippen LogP contribution in [0.25, 0.3) is 0 Å². The highest BCUT2D eigenvalue weighted by atomic mass is 32.2. The molecule has 0 saturated heterocycles. The summed E-state index contributed by atoms with van der Waals surface area (Å²) < 4.78 is 22.8. The van der Waals surface area contributed by atoms with Gasteiger partial charge in [0.25, 0.3) is 0 Å². The van der Waals surface area contributed by atoms with Gasteiger partial charge in [-0.3, -0.25) is 4.79 Å². The second-order valence-electron chi connectivity index (χ2n) is 4.53. The summed E-state index contributed by atoms with van der Waals surface area (Å²) in [6.45, 7) is 5.54. The van der Waals surface area contributed by atoms with E-state index in [1.165, 1.54) is 12.5 Å². The second kappa shape index (κ2) is 5.65. The van der Waals surface area contributed by atoms with E-state index in [0.29, 0.717) is 5.56 Å². The van der Waals surface area contributed by atoms with Crippen molar-refractivity contribution in [1.82, 2.24) is 0 Å². The van der Waals surface area contributed by atoms with E-state index in [2.05, 4.69) is 6.92 Å². The SMILES string of the molecule is CCc1ccc(C(=O)C(C)S(C)(=O)=O)cc1CC. The third-order valence-electron chi connectivity index (χ3n) is 3.26. The summed E-state index contributed by atoms with van der Waals surface area (Å²) in [6, 6.07) is 5.46. The van der Waals surface area contributed by atoms with Crippen LogP contribution in [0.15, 0.2) is 18.2 Å². The van der Waals surface area contributed by atoms with E-state index >= 15 is 0 Å². The number of carbonyl (C=O) groups excluding carboxylic acids is 1. The lowest BCUT2D eigenvalue weighted by atomic mass is 9.97. The lowest BCUT2D eigenvalue weighted by Crippen LogP contribution is -2.26. The maximum atomic E-state index is 12.1. The molecule has 0 heterocycles. The molecular formula is C14H20O3S. The average Bonchev–Trinajstić information content (AvgIpc) is 2.34. The zero-order valence-corrected chi connectivity index (χ0v) is 12.2. The molecule has 1 atom stereocenters. The standard InChI is InChI=1S/C14H20O3S/c1-5-11-7-8-13(9-12(11)6-2)14(15)10(3)18(4,16)17/h7-10H,5-6H2,1-4H3. The number of Topliss-reactive ketones (excluding diaryl/α,β-unsaturated/α-hetero) is 1. The lowest BCUT2D eigenvalue weighted by Gasteiger charge is -2.11. The van der Waals surface area contributed by atoms with Crippen LogP contribution in [0, 0.1) is 0 Å². The zero-order chi connectivity index (χ0) is 13.9. The monoisotopic (exact) mass is 268 g/mol. The van der Waals surface area contributed by atoms with E-state index in [9.17, 15) is 13.2 Å². The topological polar surface area (TPSA) is 51.2 Å². The quantitative estimate of drug-likeness (QED) is 0.771. The number of ketones is 1. The van der Waals surface area contributed by atoms with Gasteiger partial charge in [0.2, 0.25) is 0 Å². The van der Waals surface area contributed by atoms with Crippen molar-refractivity contribution < 1.29 is 13.2 Å². The molecule has 0 spiro atoms. The number of hydrogen-bond donors (Lipinski definition) is 0. The summed E-state index contributed by atoms with van der Waals surface area (Å²) in [5.41, 5.74) is 2.81. The van der Waals surface area contributed by atoms with Crippen molar-refractivity contribution in [2.45, 2.75) is 38.9 Å². The molecule has 0 amide bonds. The van der Waals surface area contributed by atoms with Crippen molar-refractivity contribution in [3.8, 4) is 0 Å². The largest absolute Gasteiger partial charge is 0.293 e. The van der Waals surface area contributed by atoms with E-state index in [-0.39, 0.29) is 5.78 Å². The maximum absolute atomic E-state index is 12.1. The van der Waals surface area contributed by atoms with Gasteiger partial charge in [-0.15, -0.1) is 0 Å². The van der Waals surface area contributed by atoms with Crippen molar-refractivity contribution in [2.75, 3.05) is 6.26 Å². The van der Waals surface area contributed by atoms with Gasteiger partial charge in [0.15, 0.2) is 15.6 Å².